The van der Waals surface area contributed by atoms with Gasteiger partial charge in [0.2, 0.25) is 0 Å². The van der Waals surface area contributed by atoms with E-state index in [2.05, 4.69) is 4.84 Å². The molecule has 7 heteroatoms. The van der Waals surface area contributed by atoms with Crippen LogP contribution in [0.1, 0.15) is 0 Å². The topological polar surface area (TPSA) is 102 Å². The zero-order chi connectivity index (χ0) is 7.28. The highest BCUT2D eigenvalue weighted by molar-refractivity contribution is 7.76. The number of hydrogen-bond acceptors (Lipinski definition) is 4. The Morgan fingerprint density at radius 2 is 2.44 bits per heavy atom. The van der Waals surface area contributed by atoms with E-state index in [0.29, 0.717) is 0 Å². The molecule has 1 unspecified atom stereocenters. The second-order valence-electron chi connectivity index (χ2n) is 1.01. The average Bonchev–Trinajstić information content (AvgIpc) is 1.83. The lowest BCUT2D eigenvalue weighted by Crippen LogP contribution is -2.26. The monoisotopic (exact) mass is 154 g/mol. The highest BCUT2D eigenvalue weighted by Gasteiger charge is 1.98. The van der Waals surface area contributed by atoms with Gasteiger partial charge in [-0.15, -0.1) is 0 Å². The summed E-state index contributed by atoms with van der Waals surface area (Å²) in [4.78, 5) is 15.4. The van der Waals surface area contributed by atoms with Gasteiger partial charge in [0.25, 0.3) is 11.3 Å². The average molecular weight is 154 g/mol. The normalized spacial score (nSPS) is 12.7. The molecule has 0 spiro atoms. The van der Waals surface area contributed by atoms with Crippen LogP contribution in [0.25, 0.3) is 0 Å². The zero-order valence-corrected chi connectivity index (χ0v) is 5.18. The molecule has 54 valence electrons. The smallest absolute Gasteiger partial charge is 0.339 e. The van der Waals surface area contributed by atoms with Gasteiger partial charge in [-0.2, -0.15) is 0 Å². The number of carbonyl (C=O) groups excluding carboxylic acids is 1. The molecule has 0 saturated heterocycles. The molecule has 0 aliphatic carbocycles. The molecule has 9 heavy (non-hydrogen) atoms. The molecule has 0 saturated carbocycles. The van der Waals surface area contributed by atoms with E-state index in [0.717, 1.165) is 0 Å². The van der Waals surface area contributed by atoms with Gasteiger partial charge in [-0.1, -0.05) is 0 Å². The van der Waals surface area contributed by atoms with Crippen LogP contribution < -0.4 is 10.6 Å². The molecule has 0 aliphatic rings. The van der Waals surface area contributed by atoms with Gasteiger partial charge in [-0.05, 0) is 4.89 Å². The first-order valence-corrected chi connectivity index (χ1v) is 3.03. The summed E-state index contributed by atoms with van der Waals surface area (Å²) in [6.45, 7) is -0.329. The molecule has 0 aromatic carbocycles. The van der Waals surface area contributed by atoms with Crippen LogP contribution in [0.3, 0.4) is 0 Å². The van der Waals surface area contributed by atoms with Crippen molar-refractivity contribution in [2.45, 2.75) is 0 Å². The lowest BCUT2D eigenvalue weighted by molar-refractivity contribution is -0.145. The van der Waals surface area contributed by atoms with E-state index >= 15 is 0 Å². The van der Waals surface area contributed by atoms with Crippen molar-refractivity contribution in [3.05, 3.63) is 0 Å². The molecule has 4 N–H and O–H groups in total. The Morgan fingerprint density at radius 1 is 1.89 bits per heavy atom. The Kier molecular flexibility index (Phi) is 4.14. The fraction of sp³-hybridized carbons (Fsp3) is 0.500. The Morgan fingerprint density at radius 3 is 2.78 bits per heavy atom. The molecule has 6 nitrogen and oxygen atoms in total. The molecular formula is C2H6N2O4S. The molecule has 0 bridgehead atoms. The highest BCUT2D eigenvalue weighted by Crippen LogP contribution is 1.68. The third kappa shape index (κ3) is 5.37. The number of rotatable bonds is 3. The number of nitrogens with two attached hydrogens (primary N) is 1. The van der Waals surface area contributed by atoms with E-state index < -0.39 is 17.2 Å². The van der Waals surface area contributed by atoms with Gasteiger partial charge >= 0.3 is 5.97 Å². The van der Waals surface area contributed by atoms with Crippen LogP contribution in [0.4, 0.5) is 0 Å². The first kappa shape index (κ1) is 8.50. The number of nitrogens with one attached hydrogen (secondary N) is 1. The summed E-state index contributed by atoms with van der Waals surface area (Å²) < 4.78 is 17.6. The van der Waals surface area contributed by atoms with E-state index in [1.807, 2.05) is 0 Å². The molecule has 0 heterocycles. The number of carbonyl (C=O) groups is 1. The standard InChI is InChI=1S/C2H6N2O4S/c3-1-2(5)8-4-9(6)7/h4H,1,3H2,(H,6,7). The minimum atomic E-state index is -2.34. The third-order valence-electron chi connectivity index (χ3n) is 0.393. The predicted octanol–water partition coefficient (Wildman–Crippen LogP) is -1.87. The molecule has 0 aromatic heterocycles. The Balaban J connectivity index is 3.28. The summed E-state index contributed by atoms with van der Waals surface area (Å²) in [5.74, 6) is -0.794. The summed E-state index contributed by atoms with van der Waals surface area (Å²) >= 11 is -2.34. The first-order valence-electron chi connectivity index (χ1n) is 1.93. The zero-order valence-electron chi connectivity index (χ0n) is 4.36. The summed E-state index contributed by atoms with van der Waals surface area (Å²) in [6.07, 6.45) is 0. The Bertz CT molecular complexity index is 126. The van der Waals surface area contributed by atoms with Gasteiger partial charge in [-0.3, -0.25) is 4.55 Å². The maximum Gasteiger partial charge on any atom is 0.339 e. The summed E-state index contributed by atoms with van der Waals surface area (Å²) in [5, 5.41) is 0. The van der Waals surface area contributed by atoms with Crippen molar-refractivity contribution in [3.63, 3.8) is 0 Å². The van der Waals surface area contributed by atoms with E-state index in [9.17, 15) is 9.00 Å². The van der Waals surface area contributed by atoms with Gasteiger partial charge in [0.15, 0.2) is 0 Å². The van der Waals surface area contributed by atoms with Crippen LogP contribution in [-0.4, -0.2) is 21.3 Å². The van der Waals surface area contributed by atoms with E-state index in [1.165, 1.54) is 4.89 Å². The van der Waals surface area contributed by atoms with Crippen molar-refractivity contribution in [2.24, 2.45) is 5.73 Å². The summed E-state index contributed by atoms with van der Waals surface area (Å²) in [6, 6.07) is 0. The van der Waals surface area contributed by atoms with Crippen molar-refractivity contribution in [1.82, 2.24) is 4.89 Å². The van der Waals surface area contributed by atoms with Crippen LogP contribution in [-0.2, 0) is 20.9 Å². The maximum absolute atomic E-state index is 10.1. The largest absolute Gasteiger partial charge is 0.355 e. The quantitative estimate of drug-likeness (QED) is 0.326. The van der Waals surface area contributed by atoms with E-state index in [4.69, 9.17) is 10.3 Å². The lowest BCUT2D eigenvalue weighted by atomic mass is 10.7. The summed E-state index contributed by atoms with van der Waals surface area (Å²) in [7, 11) is 0. The molecule has 0 aromatic rings. The second kappa shape index (κ2) is 4.39. The Hall–Kier alpha value is -0.500. The van der Waals surface area contributed by atoms with Gasteiger partial charge in [0, 0.05) is 0 Å². The minimum absolute atomic E-state index is 0.329. The Labute approximate surface area is 53.7 Å². The SMILES string of the molecule is NCC(=O)ONS(=O)O. The van der Waals surface area contributed by atoms with E-state index in [1.54, 1.807) is 0 Å². The van der Waals surface area contributed by atoms with Gasteiger partial charge < -0.3 is 10.6 Å². The van der Waals surface area contributed by atoms with Crippen LogP contribution in [0.2, 0.25) is 0 Å². The van der Waals surface area contributed by atoms with E-state index in [-0.39, 0.29) is 6.54 Å². The van der Waals surface area contributed by atoms with Crippen molar-refractivity contribution >= 4 is 17.2 Å². The lowest BCUT2D eigenvalue weighted by Gasteiger charge is -1.96. The van der Waals surface area contributed by atoms with Crippen molar-refractivity contribution in [1.29, 1.82) is 0 Å². The molecule has 0 aliphatic heterocycles. The predicted molar refractivity (Wildman–Crippen MR) is 29.1 cm³/mol. The second-order valence-corrected chi connectivity index (χ2v) is 1.68. The van der Waals surface area contributed by atoms with Crippen LogP contribution >= 0.6 is 0 Å². The van der Waals surface area contributed by atoms with Crippen molar-refractivity contribution in [2.75, 3.05) is 6.54 Å². The van der Waals surface area contributed by atoms with Crippen LogP contribution in [0, 0.1) is 0 Å². The molecule has 0 radical (unpaired) electrons. The minimum Gasteiger partial charge on any atom is -0.355 e. The van der Waals surface area contributed by atoms with Crippen molar-refractivity contribution in [3.8, 4) is 0 Å². The molecular weight excluding hydrogens is 148 g/mol. The maximum atomic E-state index is 10.1. The van der Waals surface area contributed by atoms with Gasteiger partial charge in [-0.25, -0.2) is 9.00 Å². The van der Waals surface area contributed by atoms with Crippen LogP contribution in [0.5, 0.6) is 0 Å². The third-order valence-corrected chi connectivity index (χ3v) is 0.619. The molecule has 0 fully saturated rings. The van der Waals surface area contributed by atoms with Crippen molar-refractivity contribution < 1.29 is 18.4 Å². The number of hydrogen-bond donors (Lipinski definition) is 3. The first-order chi connectivity index (χ1) is 4.16. The van der Waals surface area contributed by atoms with Crippen LogP contribution in [0.15, 0.2) is 0 Å². The summed E-state index contributed by atoms with van der Waals surface area (Å²) in [5.41, 5.74) is 4.76. The fourth-order valence-corrected chi connectivity index (χ4v) is 0.288. The molecule has 0 amide bonds. The van der Waals surface area contributed by atoms with Gasteiger partial charge in [0.05, 0.1) is 6.54 Å². The fourth-order valence-electron chi connectivity index (χ4n) is 0.124. The molecule has 0 rings (SSSR count). The highest BCUT2D eigenvalue weighted by atomic mass is 32.2. The van der Waals surface area contributed by atoms with Gasteiger partial charge in [0.1, 0.15) is 0 Å². The molecule has 1 atom stereocenters.